The number of hydrogen-bond acceptors (Lipinski definition) is 2. The van der Waals surface area contributed by atoms with Crippen molar-refractivity contribution in [2.45, 2.75) is 46.5 Å². The summed E-state index contributed by atoms with van der Waals surface area (Å²) in [4.78, 5) is 11.1. The third-order valence-electron chi connectivity index (χ3n) is 3.07. The van der Waals surface area contributed by atoms with E-state index >= 15 is 0 Å². The summed E-state index contributed by atoms with van der Waals surface area (Å²) in [6, 6.07) is 0. The zero-order valence-corrected chi connectivity index (χ0v) is 11.1. The van der Waals surface area contributed by atoms with Crippen molar-refractivity contribution < 1.29 is 9.53 Å². The van der Waals surface area contributed by atoms with Crippen molar-refractivity contribution in [1.82, 2.24) is 0 Å². The van der Waals surface area contributed by atoms with Gasteiger partial charge in [-0.3, -0.25) is 4.79 Å². The molecule has 1 aliphatic rings. The van der Waals surface area contributed by atoms with Crippen LogP contribution in [0.15, 0.2) is 36.1 Å². The van der Waals surface area contributed by atoms with Crippen LogP contribution in [-0.4, -0.2) is 5.97 Å². The van der Waals surface area contributed by atoms with Crippen LogP contribution in [0.25, 0.3) is 0 Å². The van der Waals surface area contributed by atoms with E-state index in [0.717, 1.165) is 37.0 Å². The zero-order valence-electron chi connectivity index (χ0n) is 11.1. The minimum Gasteiger partial charge on any atom is -0.427 e. The number of allylic oxidation sites excluding steroid dienone is 4. The van der Waals surface area contributed by atoms with Crippen LogP contribution >= 0.6 is 0 Å². The molecule has 2 nitrogen and oxygen atoms in total. The SMILES string of the molecule is C=CC1(C)C=C(CCCC)C(OC(C)=O)=CC1. The molecule has 0 bridgehead atoms. The molecule has 0 N–H and O–H groups in total. The van der Waals surface area contributed by atoms with E-state index in [9.17, 15) is 4.79 Å². The molecule has 0 aromatic heterocycles. The molecule has 0 spiro atoms. The van der Waals surface area contributed by atoms with E-state index in [-0.39, 0.29) is 11.4 Å². The quantitative estimate of drug-likeness (QED) is 0.527. The number of carbonyl (C=O) groups excluding carboxylic acids is 1. The Labute approximate surface area is 104 Å². The van der Waals surface area contributed by atoms with E-state index in [1.807, 2.05) is 12.2 Å². The van der Waals surface area contributed by atoms with Crippen molar-refractivity contribution >= 4 is 5.97 Å². The summed E-state index contributed by atoms with van der Waals surface area (Å²) in [5.74, 6) is 0.492. The molecule has 0 amide bonds. The van der Waals surface area contributed by atoms with Gasteiger partial charge >= 0.3 is 5.97 Å². The van der Waals surface area contributed by atoms with Gasteiger partial charge in [0.2, 0.25) is 0 Å². The van der Waals surface area contributed by atoms with Crippen molar-refractivity contribution in [3.05, 3.63) is 36.1 Å². The third-order valence-corrected chi connectivity index (χ3v) is 3.07. The number of esters is 1. The summed E-state index contributed by atoms with van der Waals surface area (Å²) in [6.07, 6.45) is 10.2. The van der Waals surface area contributed by atoms with Gasteiger partial charge in [-0.05, 0) is 30.9 Å². The summed E-state index contributed by atoms with van der Waals surface area (Å²) >= 11 is 0. The van der Waals surface area contributed by atoms with Crippen LogP contribution in [0.2, 0.25) is 0 Å². The Bertz CT molecular complexity index is 363. The zero-order chi connectivity index (χ0) is 12.9. The topological polar surface area (TPSA) is 26.3 Å². The molecule has 0 saturated heterocycles. The standard InChI is InChI=1S/C15H22O2/c1-5-7-8-13-11-15(4,6-2)10-9-14(13)17-12(3)16/h6,9,11H,2,5,7-8,10H2,1,3-4H3. The summed E-state index contributed by atoms with van der Waals surface area (Å²) in [7, 11) is 0. The molecule has 1 aliphatic carbocycles. The maximum absolute atomic E-state index is 11.1. The van der Waals surface area contributed by atoms with Gasteiger partial charge in [0.15, 0.2) is 0 Å². The molecule has 0 saturated carbocycles. The lowest BCUT2D eigenvalue weighted by molar-refractivity contribution is -0.136. The maximum atomic E-state index is 11.1. The maximum Gasteiger partial charge on any atom is 0.308 e. The Kier molecular flexibility index (Phi) is 4.73. The Morgan fingerprint density at radius 2 is 2.35 bits per heavy atom. The fourth-order valence-electron chi connectivity index (χ4n) is 1.94. The summed E-state index contributed by atoms with van der Waals surface area (Å²) in [5, 5.41) is 0. The van der Waals surface area contributed by atoms with Gasteiger partial charge in [-0.15, -0.1) is 6.58 Å². The van der Waals surface area contributed by atoms with Crippen LogP contribution in [0.3, 0.4) is 0 Å². The van der Waals surface area contributed by atoms with Gasteiger partial charge in [-0.1, -0.05) is 32.4 Å². The Morgan fingerprint density at radius 3 is 2.88 bits per heavy atom. The smallest absolute Gasteiger partial charge is 0.308 e. The predicted octanol–water partition coefficient (Wildman–Crippen LogP) is 4.15. The predicted molar refractivity (Wildman–Crippen MR) is 70.4 cm³/mol. The normalized spacial score (nSPS) is 23.7. The first kappa shape index (κ1) is 13.8. The molecule has 0 radical (unpaired) electrons. The first-order valence-corrected chi connectivity index (χ1v) is 6.25. The molecule has 17 heavy (non-hydrogen) atoms. The van der Waals surface area contributed by atoms with Crippen molar-refractivity contribution in [3.63, 3.8) is 0 Å². The van der Waals surface area contributed by atoms with Gasteiger partial charge in [-0.2, -0.15) is 0 Å². The van der Waals surface area contributed by atoms with Gasteiger partial charge in [0.1, 0.15) is 5.76 Å². The molecule has 0 aromatic rings. The molecule has 0 aromatic carbocycles. The van der Waals surface area contributed by atoms with E-state index in [1.165, 1.54) is 6.92 Å². The van der Waals surface area contributed by atoms with Gasteiger partial charge in [0, 0.05) is 12.3 Å². The Hall–Kier alpha value is -1.31. The number of unbranched alkanes of at least 4 members (excludes halogenated alkanes) is 1. The van der Waals surface area contributed by atoms with Crippen LogP contribution < -0.4 is 0 Å². The molecular formula is C15H22O2. The van der Waals surface area contributed by atoms with Crippen molar-refractivity contribution in [3.8, 4) is 0 Å². The molecule has 1 rings (SSSR count). The second-order valence-electron chi connectivity index (χ2n) is 4.85. The fourth-order valence-corrected chi connectivity index (χ4v) is 1.94. The third kappa shape index (κ3) is 3.88. The minimum atomic E-state index is -0.249. The molecular weight excluding hydrogens is 212 g/mol. The summed E-state index contributed by atoms with van der Waals surface area (Å²) in [5.41, 5.74) is 1.13. The van der Waals surface area contributed by atoms with Crippen LogP contribution in [0.4, 0.5) is 0 Å². The monoisotopic (exact) mass is 234 g/mol. The number of hydrogen-bond donors (Lipinski definition) is 0. The lowest BCUT2D eigenvalue weighted by Crippen LogP contribution is -2.16. The van der Waals surface area contributed by atoms with Crippen molar-refractivity contribution in [2.75, 3.05) is 0 Å². The van der Waals surface area contributed by atoms with Crippen LogP contribution in [-0.2, 0) is 9.53 Å². The lowest BCUT2D eigenvalue weighted by atomic mass is 9.80. The second-order valence-corrected chi connectivity index (χ2v) is 4.85. The van der Waals surface area contributed by atoms with Crippen molar-refractivity contribution in [1.29, 1.82) is 0 Å². The van der Waals surface area contributed by atoms with Crippen LogP contribution in [0.5, 0.6) is 0 Å². The fraction of sp³-hybridized carbons (Fsp3) is 0.533. The highest BCUT2D eigenvalue weighted by molar-refractivity contribution is 5.68. The second kappa shape index (κ2) is 5.85. The number of ether oxygens (including phenoxy) is 1. The molecule has 94 valence electrons. The van der Waals surface area contributed by atoms with E-state index in [4.69, 9.17) is 4.74 Å². The van der Waals surface area contributed by atoms with Gasteiger partial charge in [0.05, 0.1) is 0 Å². The first-order valence-electron chi connectivity index (χ1n) is 6.25. The van der Waals surface area contributed by atoms with E-state index in [1.54, 1.807) is 0 Å². The lowest BCUT2D eigenvalue weighted by Gasteiger charge is -2.27. The Morgan fingerprint density at radius 1 is 1.65 bits per heavy atom. The molecule has 1 atom stereocenters. The van der Waals surface area contributed by atoms with Gasteiger partial charge < -0.3 is 4.74 Å². The number of carbonyl (C=O) groups is 1. The first-order chi connectivity index (χ1) is 8.00. The molecule has 0 heterocycles. The van der Waals surface area contributed by atoms with Crippen molar-refractivity contribution in [2.24, 2.45) is 5.41 Å². The molecule has 0 fully saturated rings. The minimum absolute atomic E-state index is 0.00722. The molecule has 0 aliphatic heterocycles. The average Bonchev–Trinajstić information content (AvgIpc) is 2.29. The highest BCUT2D eigenvalue weighted by Crippen LogP contribution is 2.36. The summed E-state index contributed by atoms with van der Waals surface area (Å²) < 4.78 is 5.26. The van der Waals surface area contributed by atoms with Crippen LogP contribution in [0, 0.1) is 5.41 Å². The van der Waals surface area contributed by atoms with E-state index in [0.29, 0.717) is 0 Å². The van der Waals surface area contributed by atoms with Gasteiger partial charge in [0.25, 0.3) is 0 Å². The van der Waals surface area contributed by atoms with E-state index < -0.39 is 0 Å². The highest BCUT2D eigenvalue weighted by Gasteiger charge is 2.24. The molecule has 1 unspecified atom stereocenters. The van der Waals surface area contributed by atoms with Crippen LogP contribution in [0.1, 0.15) is 46.5 Å². The largest absolute Gasteiger partial charge is 0.427 e. The van der Waals surface area contributed by atoms with E-state index in [2.05, 4.69) is 26.5 Å². The highest BCUT2D eigenvalue weighted by atomic mass is 16.5. The summed E-state index contributed by atoms with van der Waals surface area (Å²) in [6.45, 7) is 9.62. The van der Waals surface area contributed by atoms with Gasteiger partial charge in [-0.25, -0.2) is 0 Å². The Balaban J connectivity index is 2.88. The molecule has 2 heteroatoms. The number of rotatable bonds is 5. The average molecular weight is 234 g/mol.